The standard InChI is InChI=1S/C22H20N2S/c1-15-22-20(19-8-4-5-9-21(19)23-22)12-13-24(15)25-18-11-10-16-6-2-3-7-17(16)14-18/h2-11,14-15,23H,12-13H2,1H3. The summed E-state index contributed by atoms with van der Waals surface area (Å²) < 4.78 is 2.50. The first-order valence-corrected chi connectivity index (χ1v) is 9.60. The van der Waals surface area contributed by atoms with E-state index in [1.165, 1.54) is 37.8 Å². The van der Waals surface area contributed by atoms with Gasteiger partial charge in [-0.1, -0.05) is 48.5 Å². The van der Waals surface area contributed by atoms with Gasteiger partial charge in [0.15, 0.2) is 0 Å². The van der Waals surface area contributed by atoms with E-state index in [0.29, 0.717) is 6.04 Å². The lowest BCUT2D eigenvalue weighted by Gasteiger charge is -2.32. The van der Waals surface area contributed by atoms with Crippen LogP contribution >= 0.6 is 11.9 Å². The number of H-pyrrole nitrogens is 1. The summed E-state index contributed by atoms with van der Waals surface area (Å²) in [6.45, 7) is 3.38. The zero-order valence-electron chi connectivity index (χ0n) is 14.2. The fourth-order valence-electron chi connectivity index (χ4n) is 3.89. The average molecular weight is 344 g/mol. The molecule has 0 spiro atoms. The minimum atomic E-state index is 0.382. The molecule has 1 atom stereocenters. The number of fused-ring (bicyclic) bond motifs is 4. The summed E-state index contributed by atoms with van der Waals surface area (Å²) in [6, 6.07) is 24.4. The highest BCUT2D eigenvalue weighted by Gasteiger charge is 2.27. The lowest BCUT2D eigenvalue weighted by molar-refractivity contribution is 0.358. The number of hydrogen-bond acceptors (Lipinski definition) is 2. The fourth-order valence-corrected chi connectivity index (χ4v) is 4.92. The number of hydrogen-bond donors (Lipinski definition) is 1. The van der Waals surface area contributed by atoms with E-state index in [4.69, 9.17) is 0 Å². The molecule has 0 fully saturated rings. The molecule has 0 saturated carbocycles. The highest BCUT2D eigenvalue weighted by atomic mass is 32.2. The predicted molar refractivity (Wildman–Crippen MR) is 107 cm³/mol. The van der Waals surface area contributed by atoms with E-state index in [-0.39, 0.29) is 0 Å². The molecular weight excluding hydrogens is 324 g/mol. The van der Waals surface area contributed by atoms with Gasteiger partial charge in [-0.3, -0.25) is 0 Å². The Kier molecular flexibility index (Phi) is 3.58. The van der Waals surface area contributed by atoms with Gasteiger partial charge in [-0.2, -0.15) is 0 Å². The summed E-state index contributed by atoms with van der Waals surface area (Å²) in [5.41, 5.74) is 4.14. The van der Waals surface area contributed by atoms with Gasteiger partial charge in [0, 0.05) is 28.0 Å². The highest BCUT2D eigenvalue weighted by molar-refractivity contribution is 7.97. The number of nitrogens with one attached hydrogen (secondary N) is 1. The van der Waals surface area contributed by atoms with Crippen molar-refractivity contribution >= 4 is 33.6 Å². The lowest BCUT2D eigenvalue weighted by Crippen LogP contribution is -2.28. The van der Waals surface area contributed by atoms with Gasteiger partial charge in [0.1, 0.15) is 0 Å². The number of aromatic nitrogens is 1. The molecule has 5 rings (SSSR count). The molecule has 0 radical (unpaired) electrons. The number of rotatable bonds is 2. The Morgan fingerprint density at radius 1 is 0.960 bits per heavy atom. The average Bonchev–Trinajstić information content (AvgIpc) is 3.03. The van der Waals surface area contributed by atoms with Gasteiger partial charge in [0.2, 0.25) is 0 Å². The Balaban J connectivity index is 1.46. The van der Waals surface area contributed by atoms with Crippen LogP contribution in [0.15, 0.2) is 71.6 Å². The summed E-state index contributed by atoms with van der Waals surface area (Å²) in [5, 5.41) is 4.00. The van der Waals surface area contributed by atoms with Crippen LogP contribution in [0.2, 0.25) is 0 Å². The van der Waals surface area contributed by atoms with Crippen molar-refractivity contribution in [3.63, 3.8) is 0 Å². The van der Waals surface area contributed by atoms with Crippen LogP contribution in [-0.4, -0.2) is 15.8 Å². The minimum Gasteiger partial charge on any atom is -0.357 e. The molecule has 0 aliphatic carbocycles. The van der Waals surface area contributed by atoms with Crippen LogP contribution in [0.3, 0.4) is 0 Å². The molecule has 1 aromatic heterocycles. The van der Waals surface area contributed by atoms with Crippen molar-refractivity contribution in [1.29, 1.82) is 0 Å². The van der Waals surface area contributed by atoms with E-state index < -0.39 is 0 Å². The largest absolute Gasteiger partial charge is 0.357 e. The van der Waals surface area contributed by atoms with Gasteiger partial charge in [-0.15, -0.1) is 0 Å². The van der Waals surface area contributed by atoms with E-state index in [9.17, 15) is 0 Å². The molecular formula is C22H20N2S. The summed E-state index contributed by atoms with van der Waals surface area (Å²) in [5.74, 6) is 0. The summed E-state index contributed by atoms with van der Waals surface area (Å²) in [7, 11) is 0. The van der Waals surface area contributed by atoms with Crippen LogP contribution in [0.1, 0.15) is 24.2 Å². The third-order valence-electron chi connectivity index (χ3n) is 5.22. The summed E-state index contributed by atoms with van der Waals surface area (Å²) in [6.07, 6.45) is 1.10. The third-order valence-corrected chi connectivity index (χ3v) is 6.42. The first-order chi connectivity index (χ1) is 12.3. The van der Waals surface area contributed by atoms with Gasteiger partial charge in [-0.05, 0) is 59.8 Å². The van der Waals surface area contributed by atoms with Gasteiger partial charge >= 0.3 is 0 Å². The molecule has 3 heteroatoms. The molecule has 1 unspecified atom stereocenters. The second kappa shape index (κ2) is 5.94. The zero-order valence-corrected chi connectivity index (χ0v) is 15.0. The Morgan fingerprint density at radius 2 is 1.76 bits per heavy atom. The normalized spacial score (nSPS) is 17.9. The predicted octanol–water partition coefficient (Wildman–Crippen LogP) is 5.95. The number of benzene rings is 3. The molecule has 1 N–H and O–H groups in total. The Labute approximate surface area is 152 Å². The molecule has 2 heterocycles. The van der Waals surface area contributed by atoms with Gasteiger partial charge in [-0.25, -0.2) is 4.31 Å². The molecule has 1 aliphatic rings. The van der Waals surface area contributed by atoms with Crippen molar-refractivity contribution < 1.29 is 0 Å². The quantitative estimate of drug-likeness (QED) is 0.453. The first-order valence-electron chi connectivity index (χ1n) is 8.82. The number of aromatic amines is 1. The molecule has 0 amide bonds. The minimum absolute atomic E-state index is 0.382. The fraction of sp³-hybridized carbons (Fsp3) is 0.182. The Hall–Kier alpha value is -2.23. The second-order valence-corrected chi connectivity index (χ2v) is 7.85. The Morgan fingerprint density at radius 3 is 2.68 bits per heavy atom. The van der Waals surface area contributed by atoms with Crippen LogP contribution in [0, 0.1) is 0 Å². The molecule has 0 bridgehead atoms. The van der Waals surface area contributed by atoms with Crippen molar-refractivity contribution in [2.75, 3.05) is 6.54 Å². The van der Waals surface area contributed by atoms with Crippen molar-refractivity contribution in [2.45, 2.75) is 24.3 Å². The smallest absolute Gasteiger partial charge is 0.0580 e. The van der Waals surface area contributed by atoms with Gasteiger partial charge < -0.3 is 4.98 Å². The number of nitrogens with zero attached hydrogens (tertiary/aromatic N) is 1. The van der Waals surface area contributed by atoms with E-state index >= 15 is 0 Å². The summed E-state index contributed by atoms with van der Waals surface area (Å²) >= 11 is 1.87. The maximum atomic E-state index is 3.66. The lowest BCUT2D eigenvalue weighted by atomic mass is 10.0. The maximum absolute atomic E-state index is 3.66. The van der Waals surface area contributed by atoms with Crippen molar-refractivity contribution in [3.05, 3.63) is 78.0 Å². The van der Waals surface area contributed by atoms with Crippen molar-refractivity contribution in [1.82, 2.24) is 9.29 Å². The van der Waals surface area contributed by atoms with Crippen LogP contribution in [0.4, 0.5) is 0 Å². The zero-order chi connectivity index (χ0) is 16.8. The van der Waals surface area contributed by atoms with Crippen molar-refractivity contribution in [3.8, 4) is 0 Å². The van der Waals surface area contributed by atoms with Crippen LogP contribution in [-0.2, 0) is 6.42 Å². The van der Waals surface area contributed by atoms with Crippen LogP contribution in [0.5, 0.6) is 0 Å². The topological polar surface area (TPSA) is 19.0 Å². The molecule has 124 valence electrons. The first kappa shape index (κ1) is 15.1. The van der Waals surface area contributed by atoms with Gasteiger partial charge in [0.25, 0.3) is 0 Å². The Bertz CT molecular complexity index is 1070. The number of para-hydroxylation sites is 1. The molecule has 2 nitrogen and oxygen atoms in total. The molecule has 1 aliphatic heterocycles. The molecule has 25 heavy (non-hydrogen) atoms. The summed E-state index contributed by atoms with van der Waals surface area (Å²) in [4.78, 5) is 4.97. The van der Waals surface area contributed by atoms with Crippen LogP contribution in [0.25, 0.3) is 21.7 Å². The van der Waals surface area contributed by atoms with Crippen LogP contribution < -0.4 is 0 Å². The van der Waals surface area contributed by atoms with Crippen molar-refractivity contribution in [2.24, 2.45) is 0 Å². The SMILES string of the molecule is CC1c2[nH]c3ccccc3c2CCN1Sc1ccc2ccccc2c1. The van der Waals surface area contributed by atoms with Gasteiger partial charge in [0.05, 0.1) is 6.04 Å². The third kappa shape index (κ3) is 2.55. The van der Waals surface area contributed by atoms with E-state index in [1.54, 1.807) is 0 Å². The molecule has 3 aromatic carbocycles. The van der Waals surface area contributed by atoms with E-state index in [2.05, 4.69) is 82.9 Å². The molecule has 4 aromatic rings. The highest BCUT2D eigenvalue weighted by Crippen LogP contribution is 2.40. The molecule has 0 saturated heterocycles. The van der Waals surface area contributed by atoms with E-state index in [0.717, 1.165) is 13.0 Å². The van der Waals surface area contributed by atoms with E-state index in [1.807, 2.05) is 11.9 Å². The second-order valence-electron chi connectivity index (χ2n) is 6.73. The monoisotopic (exact) mass is 344 g/mol. The maximum Gasteiger partial charge on any atom is 0.0580 e.